The van der Waals surface area contributed by atoms with Crippen LogP contribution in [0.4, 0.5) is 0 Å². The highest BCUT2D eigenvalue weighted by atomic mass is 16.6. The van der Waals surface area contributed by atoms with Gasteiger partial charge < -0.3 is 4.74 Å². The van der Waals surface area contributed by atoms with Crippen LogP contribution in [0.15, 0.2) is 0 Å². The third-order valence-electron chi connectivity index (χ3n) is 4.07. The molecule has 1 rings (SSSR count). The Kier molecular flexibility index (Phi) is 7.76. The van der Waals surface area contributed by atoms with Crippen molar-refractivity contribution in [2.24, 2.45) is 11.8 Å². The Labute approximate surface area is 117 Å². The first-order chi connectivity index (χ1) is 9.19. The molecular formula is C16H28O3. The van der Waals surface area contributed by atoms with Crippen molar-refractivity contribution in [3.63, 3.8) is 0 Å². The first-order valence-electron chi connectivity index (χ1n) is 7.93. The predicted octanol–water partition coefficient (Wildman–Crippen LogP) is 4.24. The Bertz CT molecular complexity index is 280. The Hall–Kier alpha value is -0.860. The highest BCUT2D eigenvalue weighted by Gasteiger charge is 2.31. The molecule has 0 aromatic heterocycles. The lowest BCUT2D eigenvalue weighted by atomic mass is 9.78. The molecule has 0 aromatic carbocycles. The van der Waals surface area contributed by atoms with E-state index in [4.69, 9.17) is 4.74 Å². The molecule has 0 spiro atoms. The number of carbonyl (C=O) groups is 2. The van der Waals surface area contributed by atoms with Gasteiger partial charge in [-0.3, -0.25) is 9.59 Å². The summed E-state index contributed by atoms with van der Waals surface area (Å²) in [5, 5.41) is 0. The number of hydrogen-bond donors (Lipinski definition) is 0. The van der Waals surface area contributed by atoms with Crippen molar-refractivity contribution in [2.45, 2.75) is 78.1 Å². The fourth-order valence-electron chi connectivity index (χ4n) is 2.95. The normalized spacial score (nSPS) is 18.0. The van der Waals surface area contributed by atoms with Crippen LogP contribution in [0.2, 0.25) is 0 Å². The van der Waals surface area contributed by atoms with Crippen LogP contribution in [0.3, 0.4) is 0 Å². The van der Waals surface area contributed by atoms with Crippen LogP contribution in [-0.2, 0) is 14.3 Å². The second-order valence-electron chi connectivity index (χ2n) is 5.69. The zero-order valence-electron chi connectivity index (χ0n) is 12.5. The van der Waals surface area contributed by atoms with E-state index >= 15 is 0 Å². The maximum atomic E-state index is 12.2. The molecule has 0 bridgehead atoms. The van der Waals surface area contributed by atoms with Gasteiger partial charge in [0.05, 0.1) is 5.92 Å². The van der Waals surface area contributed by atoms with Gasteiger partial charge in [0.2, 0.25) is 0 Å². The molecule has 1 unspecified atom stereocenters. The third kappa shape index (κ3) is 5.75. The average Bonchev–Trinajstić information content (AvgIpc) is 2.43. The van der Waals surface area contributed by atoms with Gasteiger partial charge in [-0.15, -0.1) is 0 Å². The fraction of sp³-hybridized carbons (Fsp3) is 0.875. The lowest BCUT2D eigenvalue weighted by Crippen LogP contribution is -2.29. The number of ether oxygens (including phenoxy) is 1. The summed E-state index contributed by atoms with van der Waals surface area (Å²) in [6.45, 7) is 4.11. The molecule has 0 saturated heterocycles. The molecule has 0 aromatic rings. The number of carbonyl (C=O) groups excluding carboxylic acids is 2. The average molecular weight is 268 g/mol. The summed E-state index contributed by atoms with van der Waals surface area (Å²) >= 11 is 0. The molecule has 1 aliphatic rings. The number of hydrogen-bond acceptors (Lipinski definition) is 3. The van der Waals surface area contributed by atoms with Gasteiger partial charge in [-0.2, -0.15) is 0 Å². The Balaban J connectivity index is 2.49. The van der Waals surface area contributed by atoms with Gasteiger partial charge >= 0.3 is 11.9 Å². The molecule has 1 fully saturated rings. The first kappa shape index (κ1) is 16.2. The van der Waals surface area contributed by atoms with E-state index in [-0.39, 0.29) is 17.9 Å². The largest absolute Gasteiger partial charge is 0.393 e. The fourth-order valence-corrected chi connectivity index (χ4v) is 2.95. The van der Waals surface area contributed by atoms with Crippen molar-refractivity contribution in [1.82, 2.24) is 0 Å². The van der Waals surface area contributed by atoms with Crippen molar-refractivity contribution in [3.05, 3.63) is 0 Å². The van der Waals surface area contributed by atoms with Gasteiger partial charge in [-0.05, 0) is 31.6 Å². The summed E-state index contributed by atoms with van der Waals surface area (Å²) in [5.41, 5.74) is 0. The van der Waals surface area contributed by atoms with Crippen molar-refractivity contribution < 1.29 is 14.3 Å². The lowest BCUT2D eigenvalue weighted by Gasteiger charge is -2.28. The van der Waals surface area contributed by atoms with E-state index in [9.17, 15) is 9.59 Å². The van der Waals surface area contributed by atoms with Crippen molar-refractivity contribution in [2.75, 3.05) is 0 Å². The Morgan fingerprint density at radius 3 is 2.37 bits per heavy atom. The Morgan fingerprint density at radius 1 is 1.11 bits per heavy atom. The monoisotopic (exact) mass is 268 g/mol. The molecule has 3 heteroatoms. The van der Waals surface area contributed by atoms with Crippen LogP contribution >= 0.6 is 0 Å². The van der Waals surface area contributed by atoms with Crippen molar-refractivity contribution in [1.29, 1.82) is 0 Å². The van der Waals surface area contributed by atoms with Gasteiger partial charge in [-0.1, -0.05) is 46.0 Å². The minimum absolute atomic E-state index is 0.0594. The molecule has 3 nitrogen and oxygen atoms in total. The zero-order chi connectivity index (χ0) is 14.1. The van der Waals surface area contributed by atoms with E-state index in [0.29, 0.717) is 12.3 Å². The van der Waals surface area contributed by atoms with E-state index in [1.807, 2.05) is 6.92 Å². The summed E-state index contributed by atoms with van der Waals surface area (Å²) in [6, 6.07) is 0. The summed E-state index contributed by atoms with van der Waals surface area (Å²) in [5.74, 6) is -0.241. The second-order valence-corrected chi connectivity index (χ2v) is 5.69. The van der Waals surface area contributed by atoms with E-state index in [0.717, 1.165) is 38.5 Å². The summed E-state index contributed by atoms with van der Waals surface area (Å²) in [7, 11) is 0. The van der Waals surface area contributed by atoms with Crippen LogP contribution < -0.4 is 0 Å². The maximum Gasteiger partial charge on any atom is 0.316 e. The third-order valence-corrected chi connectivity index (χ3v) is 4.07. The molecule has 0 N–H and O–H groups in total. The second kappa shape index (κ2) is 9.11. The van der Waals surface area contributed by atoms with Gasteiger partial charge in [0.15, 0.2) is 0 Å². The van der Waals surface area contributed by atoms with E-state index in [2.05, 4.69) is 6.92 Å². The van der Waals surface area contributed by atoms with Crippen LogP contribution in [0.5, 0.6) is 0 Å². The highest BCUT2D eigenvalue weighted by Crippen LogP contribution is 2.33. The molecule has 0 heterocycles. The van der Waals surface area contributed by atoms with Crippen molar-refractivity contribution >= 4 is 11.9 Å². The number of unbranched alkanes of at least 4 members (excludes halogenated alkanes) is 1. The minimum atomic E-state index is -0.344. The highest BCUT2D eigenvalue weighted by molar-refractivity contribution is 5.86. The Morgan fingerprint density at radius 2 is 1.79 bits per heavy atom. The van der Waals surface area contributed by atoms with E-state index < -0.39 is 0 Å². The van der Waals surface area contributed by atoms with Crippen LogP contribution in [0.25, 0.3) is 0 Å². The van der Waals surface area contributed by atoms with Gasteiger partial charge in [0.25, 0.3) is 0 Å². The van der Waals surface area contributed by atoms with Gasteiger partial charge in [-0.25, -0.2) is 0 Å². The quantitative estimate of drug-likeness (QED) is 0.512. The topological polar surface area (TPSA) is 43.4 Å². The number of rotatable bonds is 7. The molecule has 1 atom stereocenters. The first-order valence-corrected chi connectivity index (χ1v) is 7.93. The lowest BCUT2D eigenvalue weighted by molar-refractivity contribution is -0.164. The molecular weight excluding hydrogens is 240 g/mol. The smallest absolute Gasteiger partial charge is 0.316 e. The molecule has 0 amide bonds. The van der Waals surface area contributed by atoms with Gasteiger partial charge in [0.1, 0.15) is 0 Å². The van der Waals surface area contributed by atoms with E-state index in [1.54, 1.807) is 0 Å². The molecule has 110 valence electrons. The maximum absolute atomic E-state index is 12.2. The van der Waals surface area contributed by atoms with Crippen molar-refractivity contribution in [3.8, 4) is 0 Å². The van der Waals surface area contributed by atoms with Crippen LogP contribution in [-0.4, -0.2) is 11.9 Å². The molecule has 19 heavy (non-hydrogen) atoms. The zero-order valence-corrected chi connectivity index (χ0v) is 12.5. The molecule has 0 radical (unpaired) electrons. The van der Waals surface area contributed by atoms with Crippen LogP contribution in [0.1, 0.15) is 78.1 Å². The predicted molar refractivity (Wildman–Crippen MR) is 75.6 cm³/mol. The van der Waals surface area contributed by atoms with Crippen LogP contribution in [0, 0.1) is 11.8 Å². The summed E-state index contributed by atoms with van der Waals surface area (Å²) in [4.78, 5) is 23.7. The molecule has 1 aliphatic carbocycles. The van der Waals surface area contributed by atoms with Gasteiger partial charge in [0, 0.05) is 6.42 Å². The molecule has 0 aliphatic heterocycles. The molecule has 1 saturated carbocycles. The summed E-state index contributed by atoms with van der Waals surface area (Å²) in [6.07, 6.45) is 9.86. The summed E-state index contributed by atoms with van der Waals surface area (Å²) < 4.78 is 5.04. The standard InChI is InChI=1S/C16H28O3/c1-3-5-12-15(17)19-16(18)14(9-4-2)13-10-7-6-8-11-13/h13-14H,3-12H2,1-2H3. The van der Waals surface area contributed by atoms with E-state index in [1.165, 1.54) is 19.3 Å². The SMILES string of the molecule is CCCCC(=O)OC(=O)C(CCC)C1CCCCC1. The number of esters is 2. The minimum Gasteiger partial charge on any atom is -0.393 e.